The number of anilines is 3. The van der Waals surface area contributed by atoms with Crippen molar-refractivity contribution in [2.45, 2.75) is 13.3 Å². The molecule has 1 aliphatic rings. The van der Waals surface area contributed by atoms with Crippen LogP contribution in [0, 0.1) is 0 Å². The lowest BCUT2D eigenvalue weighted by Crippen LogP contribution is -2.37. The Morgan fingerprint density at radius 3 is 2.50 bits per heavy atom. The van der Waals surface area contributed by atoms with Gasteiger partial charge in [-0.15, -0.1) is 0 Å². The van der Waals surface area contributed by atoms with Gasteiger partial charge in [-0.05, 0) is 13.3 Å². The second-order valence-corrected chi connectivity index (χ2v) is 4.42. The lowest BCUT2D eigenvalue weighted by molar-refractivity contribution is 0.122. The Morgan fingerprint density at radius 2 is 1.85 bits per heavy atom. The molecule has 1 saturated heterocycles. The molecule has 0 aliphatic carbocycles. The van der Waals surface area contributed by atoms with E-state index in [1.165, 1.54) is 0 Å². The number of ether oxygens (including phenoxy) is 1. The van der Waals surface area contributed by atoms with Crippen molar-refractivity contribution in [3.8, 4) is 0 Å². The first kappa shape index (κ1) is 14.7. The zero-order chi connectivity index (χ0) is 14.2. The molecule has 8 heteroatoms. The summed E-state index contributed by atoms with van der Waals surface area (Å²) in [5.74, 6) is 1.76. The maximum Gasteiger partial charge on any atom is 0.232 e. The highest BCUT2D eigenvalue weighted by Gasteiger charge is 2.16. The van der Waals surface area contributed by atoms with Crippen LogP contribution in [-0.2, 0) is 4.74 Å². The maximum atomic E-state index is 8.81. The largest absolute Gasteiger partial charge is 0.396 e. The van der Waals surface area contributed by atoms with Gasteiger partial charge in [-0.2, -0.15) is 15.0 Å². The first-order valence-electron chi connectivity index (χ1n) is 7.01. The molecule has 0 unspecified atom stereocenters. The quantitative estimate of drug-likeness (QED) is 0.598. The second-order valence-electron chi connectivity index (χ2n) is 4.42. The molecule has 2 heterocycles. The number of nitrogens with one attached hydrogen (secondary N) is 2. The molecule has 3 N–H and O–H groups in total. The number of rotatable bonds is 7. The van der Waals surface area contributed by atoms with Crippen LogP contribution in [0.4, 0.5) is 17.8 Å². The van der Waals surface area contributed by atoms with Crippen LogP contribution in [0.3, 0.4) is 0 Å². The first-order valence-corrected chi connectivity index (χ1v) is 7.01. The summed E-state index contributed by atoms with van der Waals surface area (Å²) < 4.78 is 5.34. The zero-order valence-corrected chi connectivity index (χ0v) is 11.8. The summed E-state index contributed by atoms with van der Waals surface area (Å²) in [5, 5.41) is 15.0. The van der Waals surface area contributed by atoms with Gasteiger partial charge in [0, 0.05) is 32.8 Å². The van der Waals surface area contributed by atoms with E-state index in [1.807, 2.05) is 6.92 Å². The summed E-state index contributed by atoms with van der Waals surface area (Å²) in [6.07, 6.45) is 0.662. The van der Waals surface area contributed by atoms with Gasteiger partial charge in [0.15, 0.2) is 0 Å². The van der Waals surface area contributed by atoms with Crippen molar-refractivity contribution in [1.82, 2.24) is 15.0 Å². The summed E-state index contributed by atoms with van der Waals surface area (Å²) in [5.41, 5.74) is 0. The van der Waals surface area contributed by atoms with Gasteiger partial charge in [0.2, 0.25) is 17.8 Å². The van der Waals surface area contributed by atoms with E-state index in [2.05, 4.69) is 30.5 Å². The van der Waals surface area contributed by atoms with Crippen LogP contribution in [0.15, 0.2) is 0 Å². The highest BCUT2D eigenvalue weighted by atomic mass is 16.5. The molecule has 20 heavy (non-hydrogen) atoms. The van der Waals surface area contributed by atoms with Gasteiger partial charge in [0.1, 0.15) is 0 Å². The average molecular weight is 282 g/mol. The van der Waals surface area contributed by atoms with Crippen LogP contribution in [0.2, 0.25) is 0 Å². The molecular weight excluding hydrogens is 260 g/mol. The van der Waals surface area contributed by atoms with Crippen LogP contribution >= 0.6 is 0 Å². The minimum absolute atomic E-state index is 0.147. The standard InChI is InChI=1S/C12H22N6O2/c1-2-13-10-15-11(14-4-3-7-19)17-12(16-10)18-5-8-20-9-6-18/h19H,2-9H2,1H3,(H2,13,14,15,16,17). The van der Waals surface area contributed by atoms with E-state index in [-0.39, 0.29) is 6.61 Å². The normalized spacial score (nSPS) is 15.2. The highest BCUT2D eigenvalue weighted by Crippen LogP contribution is 2.14. The molecule has 0 amide bonds. The number of morpholine rings is 1. The molecule has 0 aromatic carbocycles. The molecule has 2 rings (SSSR count). The second kappa shape index (κ2) is 7.81. The highest BCUT2D eigenvalue weighted by molar-refractivity contribution is 5.44. The Kier molecular flexibility index (Phi) is 5.75. The van der Waals surface area contributed by atoms with Crippen LogP contribution in [-0.4, -0.2) is 66.1 Å². The number of aromatic nitrogens is 3. The fourth-order valence-electron chi connectivity index (χ4n) is 1.87. The van der Waals surface area contributed by atoms with Crippen LogP contribution in [0.1, 0.15) is 13.3 Å². The minimum atomic E-state index is 0.147. The van der Waals surface area contributed by atoms with Gasteiger partial charge in [0.25, 0.3) is 0 Å². The molecule has 1 aromatic heterocycles. The fraction of sp³-hybridized carbons (Fsp3) is 0.750. The Hall–Kier alpha value is -1.67. The smallest absolute Gasteiger partial charge is 0.232 e. The number of aliphatic hydroxyl groups is 1. The van der Waals surface area contributed by atoms with E-state index in [9.17, 15) is 0 Å². The van der Waals surface area contributed by atoms with Crippen molar-refractivity contribution in [2.75, 3.05) is 61.5 Å². The molecule has 0 spiro atoms. The van der Waals surface area contributed by atoms with Crippen molar-refractivity contribution < 1.29 is 9.84 Å². The molecule has 0 atom stereocenters. The van der Waals surface area contributed by atoms with Gasteiger partial charge in [-0.3, -0.25) is 0 Å². The van der Waals surface area contributed by atoms with Crippen molar-refractivity contribution in [1.29, 1.82) is 0 Å². The van der Waals surface area contributed by atoms with Crippen LogP contribution in [0.5, 0.6) is 0 Å². The number of hydrogen-bond donors (Lipinski definition) is 3. The summed E-state index contributed by atoms with van der Waals surface area (Å²) >= 11 is 0. The van der Waals surface area contributed by atoms with Crippen molar-refractivity contribution in [2.24, 2.45) is 0 Å². The summed E-state index contributed by atoms with van der Waals surface area (Å²) in [6, 6.07) is 0. The predicted octanol–water partition coefficient (Wildman–Crippen LogP) is -0.0657. The molecular formula is C12H22N6O2. The van der Waals surface area contributed by atoms with Gasteiger partial charge in [-0.25, -0.2) is 0 Å². The lowest BCUT2D eigenvalue weighted by atomic mass is 10.4. The number of hydrogen-bond acceptors (Lipinski definition) is 8. The van der Waals surface area contributed by atoms with E-state index >= 15 is 0 Å². The number of nitrogens with zero attached hydrogens (tertiary/aromatic N) is 4. The van der Waals surface area contributed by atoms with E-state index in [1.54, 1.807) is 0 Å². The molecule has 8 nitrogen and oxygen atoms in total. The monoisotopic (exact) mass is 282 g/mol. The van der Waals surface area contributed by atoms with E-state index in [4.69, 9.17) is 9.84 Å². The molecule has 0 saturated carbocycles. The van der Waals surface area contributed by atoms with E-state index in [0.717, 1.165) is 19.6 Å². The van der Waals surface area contributed by atoms with Gasteiger partial charge < -0.3 is 25.4 Å². The first-order chi connectivity index (χ1) is 9.83. The third kappa shape index (κ3) is 4.17. The Bertz CT molecular complexity index is 411. The average Bonchev–Trinajstić information content (AvgIpc) is 2.49. The summed E-state index contributed by atoms with van der Waals surface area (Å²) in [7, 11) is 0. The van der Waals surface area contributed by atoms with Gasteiger partial charge in [0.05, 0.1) is 13.2 Å². The van der Waals surface area contributed by atoms with E-state index < -0.39 is 0 Å². The Morgan fingerprint density at radius 1 is 1.15 bits per heavy atom. The molecule has 1 aliphatic heterocycles. The van der Waals surface area contributed by atoms with Crippen molar-refractivity contribution >= 4 is 17.8 Å². The van der Waals surface area contributed by atoms with Crippen molar-refractivity contribution in [3.05, 3.63) is 0 Å². The summed E-state index contributed by atoms with van der Waals surface area (Å²) in [4.78, 5) is 15.2. The zero-order valence-electron chi connectivity index (χ0n) is 11.8. The molecule has 1 aromatic rings. The van der Waals surface area contributed by atoms with Crippen LogP contribution < -0.4 is 15.5 Å². The number of aliphatic hydroxyl groups excluding tert-OH is 1. The van der Waals surface area contributed by atoms with Crippen LogP contribution in [0.25, 0.3) is 0 Å². The Balaban J connectivity index is 2.11. The van der Waals surface area contributed by atoms with Gasteiger partial charge >= 0.3 is 0 Å². The molecule has 0 bridgehead atoms. The SMILES string of the molecule is CCNc1nc(NCCCO)nc(N2CCOCC2)n1. The molecule has 1 fully saturated rings. The van der Waals surface area contributed by atoms with Gasteiger partial charge in [-0.1, -0.05) is 0 Å². The minimum Gasteiger partial charge on any atom is -0.396 e. The third-order valence-corrected chi connectivity index (χ3v) is 2.87. The predicted molar refractivity (Wildman–Crippen MR) is 77.2 cm³/mol. The third-order valence-electron chi connectivity index (χ3n) is 2.87. The molecule has 112 valence electrons. The lowest BCUT2D eigenvalue weighted by Gasteiger charge is -2.27. The summed E-state index contributed by atoms with van der Waals surface area (Å²) in [6.45, 7) is 6.48. The Labute approximate surface area is 118 Å². The van der Waals surface area contributed by atoms with Crippen molar-refractivity contribution in [3.63, 3.8) is 0 Å². The molecule has 0 radical (unpaired) electrons. The fourth-order valence-corrected chi connectivity index (χ4v) is 1.87. The topological polar surface area (TPSA) is 95.4 Å². The maximum absolute atomic E-state index is 8.81. The van der Waals surface area contributed by atoms with E-state index in [0.29, 0.717) is 44.0 Å².